The first kappa shape index (κ1) is 9.91. The summed E-state index contributed by atoms with van der Waals surface area (Å²) in [5.41, 5.74) is 11.6. The lowest BCUT2D eigenvalue weighted by Gasteiger charge is -1.93. The van der Waals surface area contributed by atoms with E-state index in [9.17, 15) is 0 Å². The minimum Gasteiger partial charge on any atom is -0.369 e. The first-order chi connectivity index (χ1) is 6.72. The van der Waals surface area contributed by atoms with E-state index in [-0.39, 0.29) is 5.96 Å². The lowest BCUT2D eigenvalue weighted by atomic mass is 10.3. The van der Waals surface area contributed by atoms with Crippen LogP contribution in [0.15, 0.2) is 35.0 Å². The Hall–Kier alpha value is -2.17. The minimum absolute atomic E-state index is 0.0823. The van der Waals surface area contributed by atoms with Crippen molar-refractivity contribution in [3.05, 3.63) is 36.2 Å². The highest BCUT2D eigenvalue weighted by molar-refractivity contribution is 5.80. The Balaban J connectivity index is 2.81. The summed E-state index contributed by atoms with van der Waals surface area (Å²) in [6, 6.07) is 5.48. The molecule has 5 nitrogen and oxygen atoms in total. The fourth-order valence-corrected chi connectivity index (χ4v) is 0.809. The quantitative estimate of drug-likeness (QED) is 0.408. The maximum atomic E-state index is 5.09. The molecule has 4 N–H and O–H groups in total. The topological polar surface area (TPSA) is 89.6 Å². The summed E-state index contributed by atoms with van der Waals surface area (Å²) in [6.07, 6.45) is 3.12. The maximum absolute atomic E-state index is 5.09. The van der Waals surface area contributed by atoms with Crippen LogP contribution < -0.4 is 11.5 Å². The number of guanidine groups is 1. The lowest BCUT2D eigenvalue weighted by Crippen LogP contribution is -2.21. The van der Waals surface area contributed by atoms with Crippen LogP contribution in [0.4, 0.5) is 0 Å². The van der Waals surface area contributed by atoms with Gasteiger partial charge in [-0.25, -0.2) is 4.98 Å². The van der Waals surface area contributed by atoms with Crippen molar-refractivity contribution in [3.63, 3.8) is 0 Å². The molecule has 1 aromatic heterocycles. The van der Waals surface area contributed by atoms with Crippen molar-refractivity contribution in [3.8, 4) is 0 Å². The van der Waals surface area contributed by atoms with Crippen molar-refractivity contribution in [2.45, 2.75) is 0 Å². The van der Waals surface area contributed by atoms with Crippen molar-refractivity contribution >= 4 is 18.3 Å². The van der Waals surface area contributed by atoms with Crippen molar-refractivity contribution in [2.75, 3.05) is 0 Å². The standard InChI is InChI=1S/C9H11N5/c1-2-7-4-3-5-8(13-7)6-12-14-9(10)11/h2-6H,1H2,(H4,10,11,14)/b12-6+. The highest BCUT2D eigenvalue weighted by atomic mass is 15.3. The summed E-state index contributed by atoms with van der Waals surface area (Å²) < 4.78 is 0. The Morgan fingerprint density at radius 1 is 1.36 bits per heavy atom. The average molecular weight is 189 g/mol. The molecule has 0 amide bonds. The third kappa shape index (κ3) is 3.06. The number of hydrogen-bond donors (Lipinski definition) is 2. The molecular weight excluding hydrogens is 178 g/mol. The molecule has 1 heterocycles. The zero-order chi connectivity index (χ0) is 10.4. The summed E-state index contributed by atoms with van der Waals surface area (Å²) in [7, 11) is 0. The summed E-state index contributed by atoms with van der Waals surface area (Å²) in [5.74, 6) is -0.0823. The van der Waals surface area contributed by atoms with Gasteiger partial charge in [0.1, 0.15) is 0 Å². The number of nitrogens with zero attached hydrogens (tertiary/aromatic N) is 3. The lowest BCUT2D eigenvalue weighted by molar-refractivity contribution is 1.20. The number of aromatic nitrogens is 1. The molecule has 0 aliphatic carbocycles. The largest absolute Gasteiger partial charge is 0.369 e. The molecule has 0 saturated carbocycles. The zero-order valence-electron chi connectivity index (χ0n) is 7.59. The van der Waals surface area contributed by atoms with E-state index in [0.717, 1.165) is 5.69 Å². The molecule has 72 valence electrons. The SMILES string of the molecule is C=Cc1cccc(/C=N/N=C(N)N)n1. The number of rotatable bonds is 3. The second kappa shape index (κ2) is 4.76. The van der Waals surface area contributed by atoms with Crippen LogP contribution in [0.25, 0.3) is 6.08 Å². The highest BCUT2D eigenvalue weighted by Gasteiger charge is 1.90. The van der Waals surface area contributed by atoms with Crippen molar-refractivity contribution in [1.82, 2.24) is 4.98 Å². The third-order valence-corrected chi connectivity index (χ3v) is 1.36. The predicted octanol–water partition coefficient (Wildman–Crippen LogP) is 0.332. The molecule has 0 fully saturated rings. The van der Waals surface area contributed by atoms with Gasteiger partial charge in [0.15, 0.2) is 0 Å². The van der Waals surface area contributed by atoms with Crippen molar-refractivity contribution in [1.29, 1.82) is 0 Å². The Morgan fingerprint density at radius 3 is 2.71 bits per heavy atom. The molecule has 0 aromatic carbocycles. The Bertz CT molecular complexity index is 377. The van der Waals surface area contributed by atoms with Gasteiger partial charge in [-0.2, -0.15) is 5.10 Å². The smallest absolute Gasteiger partial charge is 0.211 e. The second-order valence-corrected chi connectivity index (χ2v) is 2.46. The van der Waals surface area contributed by atoms with Crippen LogP contribution in [0.2, 0.25) is 0 Å². The van der Waals surface area contributed by atoms with E-state index in [2.05, 4.69) is 21.8 Å². The minimum atomic E-state index is -0.0823. The molecule has 0 aliphatic rings. The van der Waals surface area contributed by atoms with Crippen LogP contribution in [0.3, 0.4) is 0 Å². The molecule has 0 unspecified atom stereocenters. The number of nitrogens with two attached hydrogens (primary N) is 2. The van der Waals surface area contributed by atoms with Gasteiger partial charge < -0.3 is 11.5 Å². The summed E-state index contributed by atoms with van der Waals surface area (Å²) >= 11 is 0. The molecule has 0 saturated heterocycles. The normalized spacial score (nSPS) is 10.0. The first-order valence-electron chi connectivity index (χ1n) is 3.94. The van der Waals surface area contributed by atoms with E-state index >= 15 is 0 Å². The van der Waals surface area contributed by atoms with E-state index in [4.69, 9.17) is 11.5 Å². The summed E-state index contributed by atoms with van der Waals surface area (Å²) in [4.78, 5) is 4.17. The molecule has 1 rings (SSSR count). The van der Waals surface area contributed by atoms with Crippen LogP contribution in [-0.4, -0.2) is 17.2 Å². The molecule has 0 radical (unpaired) electrons. The Labute approximate surface area is 81.9 Å². The zero-order valence-corrected chi connectivity index (χ0v) is 7.59. The molecule has 5 heteroatoms. The van der Waals surface area contributed by atoms with E-state index in [0.29, 0.717) is 5.69 Å². The first-order valence-corrected chi connectivity index (χ1v) is 3.94. The van der Waals surface area contributed by atoms with Crippen LogP contribution in [0, 0.1) is 0 Å². The van der Waals surface area contributed by atoms with Crippen LogP contribution in [0.1, 0.15) is 11.4 Å². The third-order valence-electron chi connectivity index (χ3n) is 1.36. The van der Waals surface area contributed by atoms with Gasteiger partial charge in [-0.15, -0.1) is 5.10 Å². The van der Waals surface area contributed by atoms with Gasteiger partial charge in [-0.3, -0.25) is 0 Å². The predicted molar refractivity (Wildman–Crippen MR) is 57.7 cm³/mol. The second-order valence-electron chi connectivity index (χ2n) is 2.46. The van der Waals surface area contributed by atoms with Crippen LogP contribution in [-0.2, 0) is 0 Å². The summed E-state index contributed by atoms with van der Waals surface area (Å²) in [5, 5.41) is 7.08. The Morgan fingerprint density at radius 2 is 2.07 bits per heavy atom. The monoisotopic (exact) mass is 189 g/mol. The van der Waals surface area contributed by atoms with Crippen LogP contribution in [0.5, 0.6) is 0 Å². The number of pyridine rings is 1. The maximum Gasteiger partial charge on any atom is 0.211 e. The van der Waals surface area contributed by atoms with Crippen molar-refractivity contribution in [2.24, 2.45) is 21.7 Å². The Kier molecular flexibility index (Phi) is 3.37. The highest BCUT2D eigenvalue weighted by Crippen LogP contribution is 1.98. The van der Waals surface area contributed by atoms with E-state index in [1.54, 1.807) is 12.1 Å². The molecule has 0 bridgehead atoms. The van der Waals surface area contributed by atoms with Crippen LogP contribution >= 0.6 is 0 Å². The molecule has 0 aliphatic heterocycles. The molecule has 0 atom stereocenters. The molecule has 0 spiro atoms. The van der Waals surface area contributed by atoms with E-state index in [1.807, 2.05) is 12.1 Å². The number of hydrogen-bond acceptors (Lipinski definition) is 3. The van der Waals surface area contributed by atoms with Gasteiger partial charge in [-0.05, 0) is 18.2 Å². The average Bonchev–Trinajstić information content (AvgIpc) is 2.18. The fraction of sp³-hybridized carbons (Fsp3) is 0. The van der Waals surface area contributed by atoms with E-state index in [1.165, 1.54) is 6.21 Å². The van der Waals surface area contributed by atoms with Gasteiger partial charge in [0, 0.05) is 0 Å². The molecular formula is C9H11N5. The summed E-state index contributed by atoms with van der Waals surface area (Å²) in [6.45, 7) is 3.61. The van der Waals surface area contributed by atoms with Gasteiger partial charge in [0.05, 0.1) is 17.6 Å². The van der Waals surface area contributed by atoms with Gasteiger partial charge >= 0.3 is 0 Å². The van der Waals surface area contributed by atoms with E-state index < -0.39 is 0 Å². The van der Waals surface area contributed by atoms with Gasteiger partial charge in [0.25, 0.3) is 0 Å². The van der Waals surface area contributed by atoms with Crippen molar-refractivity contribution < 1.29 is 0 Å². The molecule has 1 aromatic rings. The van der Waals surface area contributed by atoms with Gasteiger partial charge in [0.2, 0.25) is 5.96 Å². The fourth-order valence-electron chi connectivity index (χ4n) is 0.809. The molecule has 14 heavy (non-hydrogen) atoms. The van der Waals surface area contributed by atoms with Gasteiger partial charge in [-0.1, -0.05) is 12.6 Å².